The standard InChI is InChI=1S/C15H15NO3/c1-2-14-8-9-15(19-14)11-13(16(17)18)10-12-6-4-3-5-7-12/h3-9,11H,2,10H2,1H3. The van der Waals surface area contributed by atoms with E-state index in [-0.39, 0.29) is 17.0 Å². The van der Waals surface area contributed by atoms with E-state index in [1.165, 1.54) is 6.08 Å². The third-order valence-corrected chi connectivity index (χ3v) is 2.80. The van der Waals surface area contributed by atoms with E-state index in [0.717, 1.165) is 17.7 Å². The summed E-state index contributed by atoms with van der Waals surface area (Å²) in [5.41, 5.74) is 1.04. The summed E-state index contributed by atoms with van der Waals surface area (Å²) in [6.45, 7) is 1.98. The van der Waals surface area contributed by atoms with Crippen molar-refractivity contribution in [3.8, 4) is 0 Å². The van der Waals surface area contributed by atoms with Crippen molar-refractivity contribution in [3.05, 3.63) is 75.4 Å². The number of allylic oxidation sites excluding steroid dienone is 1. The van der Waals surface area contributed by atoms with Crippen LogP contribution in [0.1, 0.15) is 24.0 Å². The second-order valence-corrected chi connectivity index (χ2v) is 4.21. The fraction of sp³-hybridized carbons (Fsp3) is 0.200. The molecule has 4 heteroatoms. The molecule has 98 valence electrons. The zero-order chi connectivity index (χ0) is 13.7. The largest absolute Gasteiger partial charge is 0.461 e. The van der Waals surface area contributed by atoms with Gasteiger partial charge >= 0.3 is 0 Å². The fourth-order valence-corrected chi connectivity index (χ4v) is 1.80. The molecule has 0 radical (unpaired) electrons. The minimum atomic E-state index is -0.360. The Kier molecular flexibility index (Phi) is 4.13. The Morgan fingerprint density at radius 3 is 2.58 bits per heavy atom. The van der Waals surface area contributed by atoms with Crippen molar-refractivity contribution in [2.24, 2.45) is 0 Å². The molecule has 1 aromatic carbocycles. The number of nitrogens with zero attached hydrogens (tertiary/aromatic N) is 1. The molecule has 0 saturated heterocycles. The average Bonchev–Trinajstić information content (AvgIpc) is 2.87. The van der Waals surface area contributed by atoms with Gasteiger partial charge in [0.15, 0.2) is 0 Å². The van der Waals surface area contributed by atoms with E-state index in [4.69, 9.17) is 4.42 Å². The van der Waals surface area contributed by atoms with Crippen molar-refractivity contribution in [2.75, 3.05) is 0 Å². The summed E-state index contributed by atoms with van der Waals surface area (Å²) in [5.74, 6) is 1.35. The third kappa shape index (κ3) is 3.55. The minimum absolute atomic E-state index is 0.128. The van der Waals surface area contributed by atoms with Crippen LogP contribution in [-0.4, -0.2) is 4.92 Å². The van der Waals surface area contributed by atoms with E-state index in [0.29, 0.717) is 5.76 Å². The van der Waals surface area contributed by atoms with Crippen LogP contribution in [0, 0.1) is 10.1 Å². The molecule has 0 aliphatic carbocycles. The SMILES string of the molecule is CCc1ccc(C=C(Cc2ccccc2)[N+](=O)[O-])o1. The van der Waals surface area contributed by atoms with Gasteiger partial charge in [0.05, 0.1) is 17.4 Å². The predicted molar refractivity (Wildman–Crippen MR) is 73.2 cm³/mol. The third-order valence-electron chi connectivity index (χ3n) is 2.80. The van der Waals surface area contributed by atoms with Gasteiger partial charge in [-0.15, -0.1) is 0 Å². The summed E-state index contributed by atoms with van der Waals surface area (Å²) in [5, 5.41) is 11.1. The lowest BCUT2D eigenvalue weighted by Crippen LogP contribution is -2.02. The molecular weight excluding hydrogens is 242 g/mol. The van der Waals surface area contributed by atoms with Crippen molar-refractivity contribution in [2.45, 2.75) is 19.8 Å². The van der Waals surface area contributed by atoms with Crippen LogP contribution in [0.25, 0.3) is 6.08 Å². The number of hydrogen-bond acceptors (Lipinski definition) is 3. The lowest BCUT2D eigenvalue weighted by Gasteiger charge is -1.99. The quantitative estimate of drug-likeness (QED) is 0.606. The van der Waals surface area contributed by atoms with Gasteiger partial charge in [0.25, 0.3) is 5.70 Å². The van der Waals surface area contributed by atoms with Gasteiger partial charge < -0.3 is 4.42 Å². The molecule has 0 bridgehead atoms. The Hall–Kier alpha value is -2.36. The van der Waals surface area contributed by atoms with E-state index in [2.05, 4.69) is 0 Å². The summed E-state index contributed by atoms with van der Waals surface area (Å²) in [6.07, 6.45) is 2.56. The van der Waals surface area contributed by atoms with Gasteiger partial charge in [0, 0.05) is 6.42 Å². The van der Waals surface area contributed by atoms with Crippen LogP contribution >= 0.6 is 0 Å². The van der Waals surface area contributed by atoms with E-state index in [9.17, 15) is 10.1 Å². The summed E-state index contributed by atoms with van der Waals surface area (Å²) in [6, 6.07) is 13.0. The molecule has 0 aliphatic rings. The first-order chi connectivity index (χ1) is 9.19. The maximum atomic E-state index is 11.1. The lowest BCUT2D eigenvalue weighted by molar-refractivity contribution is -0.425. The molecule has 0 N–H and O–H groups in total. The van der Waals surface area contributed by atoms with Crippen molar-refractivity contribution in [1.82, 2.24) is 0 Å². The highest BCUT2D eigenvalue weighted by molar-refractivity contribution is 5.46. The minimum Gasteiger partial charge on any atom is -0.461 e. The molecule has 0 saturated carbocycles. The van der Waals surface area contributed by atoms with Crippen molar-refractivity contribution in [1.29, 1.82) is 0 Å². The van der Waals surface area contributed by atoms with Gasteiger partial charge in [-0.1, -0.05) is 37.3 Å². The van der Waals surface area contributed by atoms with E-state index in [1.54, 1.807) is 6.07 Å². The molecule has 0 fully saturated rings. The second-order valence-electron chi connectivity index (χ2n) is 4.21. The molecule has 4 nitrogen and oxygen atoms in total. The van der Waals surface area contributed by atoms with Gasteiger partial charge in [-0.25, -0.2) is 0 Å². The van der Waals surface area contributed by atoms with Gasteiger partial charge in [-0.2, -0.15) is 0 Å². The van der Waals surface area contributed by atoms with E-state index >= 15 is 0 Å². The number of aryl methyl sites for hydroxylation is 1. The molecule has 1 heterocycles. The first-order valence-electron chi connectivity index (χ1n) is 6.16. The number of furan rings is 1. The van der Waals surface area contributed by atoms with Gasteiger partial charge in [-0.3, -0.25) is 10.1 Å². The fourth-order valence-electron chi connectivity index (χ4n) is 1.80. The van der Waals surface area contributed by atoms with Crippen LogP contribution in [0.15, 0.2) is 52.6 Å². The van der Waals surface area contributed by atoms with E-state index in [1.807, 2.05) is 43.3 Å². The molecule has 0 atom stereocenters. The summed E-state index contributed by atoms with van der Waals surface area (Å²) in [4.78, 5) is 10.7. The van der Waals surface area contributed by atoms with Crippen molar-refractivity contribution >= 4 is 6.08 Å². The highest BCUT2D eigenvalue weighted by Crippen LogP contribution is 2.16. The number of rotatable bonds is 5. The first kappa shape index (κ1) is 13.1. The van der Waals surface area contributed by atoms with Crippen LogP contribution in [0.2, 0.25) is 0 Å². The van der Waals surface area contributed by atoms with Gasteiger partial charge in [0.2, 0.25) is 0 Å². The second kappa shape index (κ2) is 6.00. The monoisotopic (exact) mass is 257 g/mol. The molecule has 1 aromatic heterocycles. The Morgan fingerprint density at radius 1 is 1.26 bits per heavy atom. The van der Waals surface area contributed by atoms with Crippen LogP contribution in [0.4, 0.5) is 0 Å². The van der Waals surface area contributed by atoms with Crippen LogP contribution < -0.4 is 0 Å². The number of hydrogen-bond donors (Lipinski definition) is 0. The van der Waals surface area contributed by atoms with Crippen LogP contribution in [0.3, 0.4) is 0 Å². The van der Waals surface area contributed by atoms with Crippen molar-refractivity contribution < 1.29 is 9.34 Å². The highest BCUT2D eigenvalue weighted by atomic mass is 16.6. The Bertz CT molecular complexity index is 584. The molecule has 0 aliphatic heterocycles. The molecule has 0 spiro atoms. The van der Waals surface area contributed by atoms with Crippen LogP contribution in [0.5, 0.6) is 0 Å². The topological polar surface area (TPSA) is 56.3 Å². The number of benzene rings is 1. The Balaban J connectivity index is 2.22. The highest BCUT2D eigenvalue weighted by Gasteiger charge is 2.13. The van der Waals surface area contributed by atoms with E-state index < -0.39 is 0 Å². The predicted octanol–water partition coefficient (Wildman–Crippen LogP) is 3.70. The molecule has 2 rings (SSSR count). The lowest BCUT2D eigenvalue weighted by atomic mass is 10.1. The van der Waals surface area contributed by atoms with Gasteiger partial charge in [0.1, 0.15) is 11.5 Å². The maximum absolute atomic E-state index is 11.1. The normalized spacial score (nSPS) is 11.5. The van der Waals surface area contributed by atoms with Crippen molar-refractivity contribution in [3.63, 3.8) is 0 Å². The van der Waals surface area contributed by atoms with Gasteiger partial charge in [-0.05, 0) is 17.7 Å². The Labute approximate surface area is 111 Å². The zero-order valence-corrected chi connectivity index (χ0v) is 10.7. The molecule has 0 unspecified atom stereocenters. The molecule has 0 amide bonds. The summed E-state index contributed by atoms with van der Waals surface area (Å²) in [7, 11) is 0. The summed E-state index contributed by atoms with van der Waals surface area (Å²) < 4.78 is 5.47. The molecule has 19 heavy (non-hydrogen) atoms. The molecular formula is C15H15NO3. The first-order valence-corrected chi connectivity index (χ1v) is 6.16. The Morgan fingerprint density at radius 2 is 2.00 bits per heavy atom. The van der Waals surface area contributed by atoms with Crippen LogP contribution in [-0.2, 0) is 12.8 Å². The summed E-state index contributed by atoms with van der Waals surface area (Å²) >= 11 is 0. The average molecular weight is 257 g/mol. The smallest absolute Gasteiger partial charge is 0.254 e. The molecule has 2 aromatic rings. The zero-order valence-electron chi connectivity index (χ0n) is 10.7. The number of nitro groups is 1. The maximum Gasteiger partial charge on any atom is 0.254 e.